The molecule has 0 aliphatic carbocycles. The van der Waals surface area contributed by atoms with Crippen molar-refractivity contribution < 1.29 is 9.47 Å². The fraction of sp³-hybridized carbons (Fsp3) is 0.667. The third-order valence-electron chi connectivity index (χ3n) is 4.82. The molecule has 0 amide bonds. The Kier molecular flexibility index (Phi) is 13.3. The molecule has 0 radical (unpaired) electrons. The third kappa shape index (κ3) is 8.96. The van der Waals surface area contributed by atoms with E-state index in [0.717, 1.165) is 58.1 Å². The van der Waals surface area contributed by atoms with Crippen LogP contribution in [-0.2, 0) is 9.47 Å². The average Bonchev–Trinajstić information content (AvgIpc) is 3.17. The van der Waals surface area contributed by atoms with Gasteiger partial charge in [0.15, 0.2) is 5.96 Å². The van der Waals surface area contributed by atoms with Crippen LogP contribution in [-0.4, -0.2) is 77.6 Å². The van der Waals surface area contributed by atoms with E-state index < -0.39 is 0 Å². The van der Waals surface area contributed by atoms with Gasteiger partial charge < -0.3 is 24.6 Å². The lowest BCUT2D eigenvalue weighted by atomic mass is 10.1. The minimum Gasteiger partial charge on any atom is -0.382 e. The fourth-order valence-electron chi connectivity index (χ4n) is 3.28. The Hall–Kier alpha value is -1.06. The van der Waals surface area contributed by atoms with Crippen LogP contribution in [0.5, 0.6) is 0 Å². The van der Waals surface area contributed by atoms with Crippen molar-refractivity contribution in [3.05, 3.63) is 30.3 Å². The van der Waals surface area contributed by atoms with Gasteiger partial charge in [0, 0.05) is 58.5 Å². The lowest BCUT2D eigenvalue weighted by Crippen LogP contribution is -2.40. The van der Waals surface area contributed by atoms with Gasteiger partial charge in [-0.2, -0.15) is 0 Å². The van der Waals surface area contributed by atoms with Crippen molar-refractivity contribution in [2.24, 2.45) is 10.9 Å². The highest BCUT2D eigenvalue weighted by Gasteiger charge is 2.24. The van der Waals surface area contributed by atoms with E-state index >= 15 is 0 Å². The molecule has 1 aromatic carbocycles. The molecule has 28 heavy (non-hydrogen) atoms. The van der Waals surface area contributed by atoms with Crippen molar-refractivity contribution in [2.45, 2.75) is 19.8 Å². The number of guanidine groups is 1. The summed E-state index contributed by atoms with van der Waals surface area (Å²) in [5, 5.41) is 3.44. The largest absolute Gasteiger partial charge is 0.382 e. The molecule has 6 nitrogen and oxygen atoms in total. The summed E-state index contributed by atoms with van der Waals surface area (Å²) >= 11 is 0. The van der Waals surface area contributed by atoms with Crippen LogP contribution in [0.25, 0.3) is 0 Å². The summed E-state index contributed by atoms with van der Waals surface area (Å²) in [5.41, 5.74) is 1.25. The molecule has 2 rings (SSSR count). The number of benzene rings is 1. The Bertz CT molecular complexity index is 544. The molecule has 1 saturated heterocycles. The van der Waals surface area contributed by atoms with Crippen LogP contribution < -0.4 is 10.2 Å². The van der Waals surface area contributed by atoms with E-state index in [0.29, 0.717) is 19.1 Å². The third-order valence-corrected chi connectivity index (χ3v) is 4.82. The highest BCUT2D eigenvalue weighted by molar-refractivity contribution is 14.0. The summed E-state index contributed by atoms with van der Waals surface area (Å²) in [4.78, 5) is 9.50. The predicted molar refractivity (Wildman–Crippen MR) is 128 cm³/mol. The SMILES string of the molecule is CCNC(=NCCCN(C)c1ccccc1)N1CCC(COCCOC)C1.I. The number of hydrogen-bond donors (Lipinski definition) is 1. The summed E-state index contributed by atoms with van der Waals surface area (Å²) in [6.07, 6.45) is 2.20. The van der Waals surface area contributed by atoms with Crippen molar-refractivity contribution in [3.8, 4) is 0 Å². The first-order chi connectivity index (χ1) is 13.2. The standard InChI is InChI=1S/C21H36N4O2.HI/c1-4-22-21(25-14-11-19(17-25)18-27-16-15-26-3)23-12-8-13-24(2)20-9-6-5-7-10-20;/h5-7,9-10,19H,4,8,11-18H2,1-3H3,(H,22,23);1H. The van der Waals surface area contributed by atoms with Gasteiger partial charge >= 0.3 is 0 Å². The number of hydrogen-bond acceptors (Lipinski definition) is 4. The summed E-state index contributed by atoms with van der Waals surface area (Å²) < 4.78 is 10.7. The minimum atomic E-state index is 0. The van der Waals surface area contributed by atoms with Crippen molar-refractivity contribution in [1.82, 2.24) is 10.2 Å². The monoisotopic (exact) mass is 504 g/mol. The van der Waals surface area contributed by atoms with Crippen molar-refractivity contribution in [1.29, 1.82) is 0 Å². The molecule has 1 atom stereocenters. The molecule has 1 heterocycles. The van der Waals surface area contributed by atoms with Gasteiger partial charge in [-0.25, -0.2) is 0 Å². The molecular formula is C21H37IN4O2. The number of nitrogens with one attached hydrogen (secondary N) is 1. The number of rotatable bonds is 11. The van der Waals surface area contributed by atoms with E-state index in [1.165, 1.54) is 5.69 Å². The maximum absolute atomic E-state index is 5.70. The Balaban J connectivity index is 0.00000392. The van der Waals surface area contributed by atoms with Crippen molar-refractivity contribution in [2.75, 3.05) is 71.6 Å². The van der Waals surface area contributed by atoms with E-state index in [1.807, 2.05) is 0 Å². The Morgan fingerprint density at radius 1 is 1.29 bits per heavy atom. The summed E-state index contributed by atoms with van der Waals surface area (Å²) in [7, 11) is 3.84. The normalized spacial score (nSPS) is 16.8. The van der Waals surface area contributed by atoms with Gasteiger partial charge in [0.05, 0.1) is 19.8 Å². The number of ether oxygens (including phenoxy) is 2. The molecule has 1 aromatic rings. The average molecular weight is 504 g/mol. The number of methoxy groups -OCH3 is 1. The van der Waals surface area contributed by atoms with Crippen LogP contribution in [0, 0.1) is 5.92 Å². The summed E-state index contributed by atoms with van der Waals surface area (Å²) in [6, 6.07) is 10.5. The second-order valence-electron chi connectivity index (χ2n) is 7.01. The van der Waals surface area contributed by atoms with Crippen LogP contribution in [0.2, 0.25) is 0 Å². The van der Waals surface area contributed by atoms with E-state index in [-0.39, 0.29) is 24.0 Å². The van der Waals surface area contributed by atoms with Crippen molar-refractivity contribution in [3.63, 3.8) is 0 Å². The molecule has 0 saturated carbocycles. The lowest BCUT2D eigenvalue weighted by molar-refractivity contribution is 0.0536. The number of halogens is 1. The molecule has 0 spiro atoms. The highest BCUT2D eigenvalue weighted by atomic mass is 127. The maximum Gasteiger partial charge on any atom is 0.193 e. The molecule has 1 unspecified atom stereocenters. The zero-order valence-electron chi connectivity index (χ0n) is 17.6. The molecule has 1 fully saturated rings. The Morgan fingerprint density at radius 2 is 2.07 bits per heavy atom. The van der Waals surface area contributed by atoms with Gasteiger partial charge in [0.2, 0.25) is 0 Å². The number of anilines is 1. The predicted octanol–water partition coefficient (Wildman–Crippen LogP) is 3.08. The molecule has 1 aliphatic heterocycles. The van der Waals surface area contributed by atoms with Gasteiger partial charge in [-0.1, -0.05) is 18.2 Å². The number of aliphatic imine (C=N–C) groups is 1. The Morgan fingerprint density at radius 3 is 2.79 bits per heavy atom. The van der Waals surface area contributed by atoms with Crippen LogP contribution in [0.3, 0.4) is 0 Å². The molecule has 7 heteroatoms. The molecule has 0 aromatic heterocycles. The maximum atomic E-state index is 5.70. The van der Waals surface area contributed by atoms with E-state index in [2.05, 4.69) is 59.4 Å². The number of likely N-dealkylation sites (tertiary alicyclic amines) is 1. The van der Waals surface area contributed by atoms with Crippen LogP contribution in [0.1, 0.15) is 19.8 Å². The van der Waals surface area contributed by atoms with Gasteiger partial charge in [-0.3, -0.25) is 4.99 Å². The van der Waals surface area contributed by atoms with Crippen molar-refractivity contribution >= 4 is 35.6 Å². The second-order valence-corrected chi connectivity index (χ2v) is 7.01. The van der Waals surface area contributed by atoms with Gasteiger partial charge in [-0.05, 0) is 31.9 Å². The lowest BCUT2D eigenvalue weighted by Gasteiger charge is -2.22. The van der Waals surface area contributed by atoms with Gasteiger partial charge in [0.25, 0.3) is 0 Å². The fourth-order valence-corrected chi connectivity index (χ4v) is 3.28. The molecule has 160 valence electrons. The first-order valence-electron chi connectivity index (χ1n) is 10.1. The Labute approximate surface area is 187 Å². The quantitative estimate of drug-likeness (QED) is 0.217. The first-order valence-corrected chi connectivity index (χ1v) is 10.1. The zero-order valence-corrected chi connectivity index (χ0v) is 19.9. The number of para-hydroxylation sites is 1. The molecule has 1 N–H and O–H groups in total. The van der Waals surface area contributed by atoms with Gasteiger partial charge in [-0.15, -0.1) is 24.0 Å². The minimum absolute atomic E-state index is 0. The smallest absolute Gasteiger partial charge is 0.193 e. The van der Waals surface area contributed by atoms with Crippen LogP contribution in [0.15, 0.2) is 35.3 Å². The van der Waals surface area contributed by atoms with Crippen LogP contribution >= 0.6 is 24.0 Å². The molecule has 0 bridgehead atoms. The molecular weight excluding hydrogens is 467 g/mol. The van der Waals surface area contributed by atoms with Gasteiger partial charge in [0.1, 0.15) is 0 Å². The van der Waals surface area contributed by atoms with E-state index in [9.17, 15) is 0 Å². The number of nitrogens with zero attached hydrogens (tertiary/aromatic N) is 3. The van der Waals surface area contributed by atoms with E-state index in [1.54, 1.807) is 7.11 Å². The summed E-state index contributed by atoms with van der Waals surface area (Å²) in [6.45, 7) is 9.08. The van der Waals surface area contributed by atoms with E-state index in [4.69, 9.17) is 14.5 Å². The van der Waals surface area contributed by atoms with Crippen LogP contribution in [0.4, 0.5) is 5.69 Å². The topological polar surface area (TPSA) is 49.3 Å². The second kappa shape index (κ2) is 14.9. The summed E-state index contributed by atoms with van der Waals surface area (Å²) in [5.74, 6) is 1.62. The highest BCUT2D eigenvalue weighted by Crippen LogP contribution is 2.17. The molecule has 1 aliphatic rings. The zero-order chi connectivity index (χ0) is 19.3. The first kappa shape index (κ1) is 25.0.